The van der Waals surface area contributed by atoms with Crippen molar-refractivity contribution in [1.29, 1.82) is 0 Å². The van der Waals surface area contributed by atoms with Gasteiger partial charge < -0.3 is 9.83 Å². The molecular weight excluding hydrogens is 289 g/mol. The van der Waals surface area contributed by atoms with E-state index in [4.69, 9.17) is 0 Å². The highest BCUT2D eigenvalue weighted by Gasteiger charge is 2.28. The highest BCUT2D eigenvalue weighted by Crippen LogP contribution is 2.27. The van der Waals surface area contributed by atoms with Crippen molar-refractivity contribution in [3.05, 3.63) is 33.8 Å². The van der Waals surface area contributed by atoms with Gasteiger partial charge in [-0.15, -0.1) is 0 Å². The lowest BCUT2D eigenvalue weighted by molar-refractivity contribution is 0.261. The summed E-state index contributed by atoms with van der Waals surface area (Å²) >= 11 is 3.53. The van der Waals surface area contributed by atoms with E-state index in [1.807, 2.05) is 6.82 Å². The number of rotatable bonds is 4. The molecule has 1 aromatic carbocycles. The Morgan fingerprint density at radius 2 is 2.22 bits per heavy atom. The predicted molar refractivity (Wildman–Crippen MR) is 80.8 cm³/mol. The van der Waals surface area contributed by atoms with Crippen LogP contribution in [0.4, 0.5) is 0 Å². The zero-order chi connectivity index (χ0) is 13.1. The Morgan fingerprint density at radius 1 is 1.44 bits per heavy atom. The Bertz CT molecular complexity index is 411. The lowest BCUT2D eigenvalue weighted by atomic mass is 9.78. The molecule has 0 bridgehead atoms. The van der Waals surface area contributed by atoms with Crippen molar-refractivity contribution in [2.45, 2.75) is 45.5 Å². The monoisotopic (exact) mass is 309 g/mol. The summed E-state index contributed by atoms with van der Waals surface area (Å²) in [6, 6.07) is 7.06. The topological polar surface area (TPSA) is 23.5 Å². The Morgan fingerprint density at radius 3 is 2.89 bits per heavy atom. The van der Waals surface area contributed by atoms with Crippen molar-refractivity contribution in [2.24, 2.45) is 0 Å². The Balaban J connectivity index is 2.13. The molecule has 0 saturated heterocycles. The lowest BCUT2D eigenvalue weighted by Crippen LogP contribution is -2.47. The first-order chi connectivity index (χ1) is 8.61. The molecule has 2 rings (SSSR count). The summed E-state index contributed by atoms with van der Waals surface area (Å²) in [6.45, 7) is 5.03. The smallest absolute Gasteiger partial charge is 0.376 e. The summed E-state index contributed by atoms with van der Waals surface area (Å²) < 4.78 is 1.17. The molecule has 0 fully saturated rings. The normalized spacial score (nSPS) is 18.8. The highest BCUT2D eigenvalue weighted by molar-refractivity contribution is 9.10. The molecule has 1 atom stereocenters. The summed E-state index contributed by atoms with van der Waals surface area (Å²) in [5.41, 5.74) is 2.90. The minimum atomic E-state index is -0.341. The summed E-state index contributed by atoms with van der Waals surface area (Å²) in [7, 11) is -0.341. The quantitative estimate of drug-likeness (QED) is 0.864. The first kappa shape index (κ1) is 14.1. The van der Waals surface area contributed by atoms with Crippen LogP contribution in [0.5, 0.6) is 0 Å². The molecule has 0 radical (unpaired) electrons. The van der Waals surface area contributed by atoms with Crippen LogP contribution < -0.4 is 0 Å². The van der Waals surface area contributed by atoms with Gasteiger partial charge in [-0.05, 0) is 62.3 Å². The number of benzene rings is 1. The molecule has 1 N–H and O–H groups in total. The van der Waals surface area contributed by atoms with E-state index in [1.165, 1.54) is 15.6 Å². The third-order valence-corrected chi connectivity index (χ3v) is 4.29. The fraction of sp³-hybridized carbons (Fsp3) is 0.571. The second kappa shape index (κ2) is 6.22. The van der Waals surface area contributed by atoms with E-state index in [2.05, 4.69) is 45.9 Å². The molecule has 1 aliphatic carbocycles. The van der Waals surface area contributed by atoms with Gasteiger partial charge in [-0.2, -0.15) is 0 Å². The van der Waals surface area contributed by atoms with Crippen LogP contribution in [0.2, 0.25) is 6.82 Å². The molecule has 2 nitrogen and oxygen atoms in total. The molecule has 1 aliphatic rings. The molecular formula is C14H21BBrNO. The van der Waals surface area contributed by atoms with Crippen LogP contribution in [0.25, 0.3) is 0 Å². The molecule has 0 aliphatic heterocycles. The summed E-state index contributed by atoms with van der Waals surface area (Å²) in [4.78, 5) is 2.24. The van der Waals surface area contributed by atoms with E-state index in [-0.39, 0.29) is 7.05 Å². The first-order valence-corrected chi connectivity index (χ1v) is 7.62. The Hall–Kier alpha value is -0.315. The highest BCUT2D eigenvalue weighted by atomic mass is 79.9. The molecule has 4 heteroatoms. The van der Waals surface area contributed by atoms with Crippen LogP contribution in [-0.2, 0) is 12.8 Å². The van der Waals surface area contributed by atoms with Gasteiger partial charge in [0, 0.05) is 10.5 Å². The minimum Gasteiger partial charge on any atom is -0.437 e. The van der Waals surface area contributed by atoms with Crippen molar-refractivity contribution in [3.63, 3.8) is 0 Å². The van der Waals surface area contributed by atoms with Gasteiger partial charge in [0.2, 0.25) is 0 Å². The van der Waals surface area contributed by atoms with Crippen LogP contribution in [0.3, 0.4) is 0 Å². The van der Waals surface area contributed by atoms with Gasteiger partial charge in [-0.25, -0.2) is 0 Å². The number of hydrogen-bond donors (Lipinski definition) is 1. The largest absolute Gasteiger partial charge is 0.437 e. The van der Waals surface area contributed by atoms with Crippen LogP contribution in [0.15, 0.2) is 22.7 Å². The molecule has 0 heterocycles. The lowest BCUT2D eigenvalue weighted by Gasteiger charge is -2.36. The van der Waals surface area contributed by atoms with E-state index < -0.39 is 0 Å². The Kier molecular flexibility index (Phi) is 4.87. The fourth-order valence-corrected chi connectivity index (χ4v) is 3.33. The third kappa shape index (κ3) is 3.17. The zero-order valence-corrected chi connectivity index (χ0v) is 12.8. The van der Waals surface area contributed by atoms with E-state index >= 15 is 0 Å². The number of hydrogen-bond acceptors (Lipinski definition) is 2. The fourth-order valence-electron chi connectivity index (χ4n) is 2.92. The molecule has 0 amide bonds. The van der Waals surface area contributed by atoms with Gasteiger partial charge in [-0.1, -0.05) is 28.9 Å². The number of nitrogens with zero attached hydrogens (tertiary/aromatic N) is 1. The van der Waals surface area contributed by atoms with E-state index in [9.17, 15) is 5.02 Å². The maximum absolute atomic E-state index is 9.91. The molecule has 0 spiro atoms. The maximum Gasteiger partial charge on any atom is 0.376 e. The molecule has 1 unspecified atom stereocenters. The number of halogens is 1. The number of fused-ring (bicyclic) bond motifs is 1. The van der Waals surface area contributed by atoms with Gasteiger partial charge in [0.15, 0.2) is 0 Å². The van der Waals surface area contributed by atoms with Gasteiger partial charge in [0.05, 0.1) is 0 Å². The van der Waals surface area contributed by atoms with Crippen LogP contribution in [0, 0.1) is 0 Å². The molecule has 1 aromatic rings. The molecule has 0 saturated carbocycles. The van der Waals surface area contributed by atoms with Crippen molar-refractivity contribution in [2.75, 3.05) is 6.54 Å². The van der Waals surface area contributed by atoms with Gasteiger partial charge in [0.25, 0.3) is 0 Å². The summed E-state index contributed by atoms with van der Waals surface area (Å²) in [6.07, 6.45) is 4.42. The maximum atomic E-state index is 9.91. The van der Waals surface area contributed by atoms with Gasteiger partial charge in [-0.3, -0.25) is 0 Å². The van der Waals surface area contributed by atoms with E-state index in [0.717, 1.165) is 32.2 Å². The van der Waals surface area contributed by atoms with Crippen molar-refractivity contribution in [1.82, 2.24) is 4.81 Å². The van der Waals surface area contributed by atoms with Gasteiger partial charge >= 0.3 is 7.05 Å². The van der Waals surface area contributed by atoms with E-state index in [1.54, 1.807) is 0 Å². The molecule has 18 heavy (non-hydrogen) atoms. The summed E-state index contributed by atoms with van der Waals surface area (Å²) in [5.74, 6) is 0. The standard InChI is InChI=1S/C14H21BBrNO/c1-3-8-17(15(2)18)14-7-5-11-9-13(16)6-4-12(11)10-14/h4,6,9,14,18H,3,5,7-8,10H2,1-2H3. The second-order valence-corrected chi connectivity index (χ2v) is 6.10. The Labute approximate surface area is 119 Å². The van der Waals surface area contributed by atoms with Crippen LogP contribution >= 0.6 is 15.9 Å². The zero-order valence-electron chi connectivity index (χ0n) is 11.2. The third-order valence-electron chi connectivity index (χ3n) is 3.80. The molecule has 98 valence electrons. The second-order valence-electron chi connectivity index (χ2n) is 5.18. The first-order valence-electron chi connectivity index (χ1n) is 6.83. The molecule has 0 aromatic heterocycles. The summed E-state index contributed by atoms with van der Waals surface area (Å²) in [5, 5.41) is 9.91. The van der Waals surface area contributed by atoms with Crippen molar-refractivity contribution >= 4 is 23.0 Å². The van der Waals surface area contributed by atoms with Crippen LogP contribution in [-0.4, -0.2) is 29.5 Å². The number of aryl methyl sites for hydroxylation is 1. The van der Waals surface area contributed by atoms with E-state index in [0.29, 0.717) is 6.04 Å². The predicted octanol–water partition coefficient (Wildman–Crippen LogP) is 3.13. The average Bonchev–Trinajstić information content (AvgIpc) is 2.35. The van der Waals surface area contributed by atoms with Crippen LogP contribution in [0.1, 0.15) is 30.9 Å². The minimum absolute atomic E-state index is 0.341. The average molecular weight is 310 g/mol. The SMILES string of the molecule is CCCN(B(C)O)C1CCc2cc(Br)ccc2C1. The van der Waals surface area contributed by atoms with Crippen molar-refractivity contribution < 1.29 is 5.02 Å². The van der Waals surface area contributed by atoms with Gasteiger partial charge in [0.1, 0.15) is 0 Å². The van der Waals surface area contributed by atoms with Crippen molar-refractivity contribution in [3.8, 4) is 0 Å².